The zero-order valence-electron chi connectivity index (χ0n) is 15.5. The predicted molar refractivity (Wildman–Crippen MR) is 110 cm³/mol. The molecule has 5 unspecified atom stereocenters. The van der Waals surface area contributed by atoms with Gasteiger partial charge >= 0.3 is 0 Å². The summed E-state index contributed by atoms with van der Waals surface area (Å²) >= 11 is 0. The lowest BCUT2D eigenvalue weighted by atomic mass is 9.82. The van der Waals surface area contributed by atoms with Crippen molar-refractivity contribution in [2.24, 2.45) is 16.8 Å². The Balaban J connectivity index is 0.00000182. The summed E-state index contributed by atoms with van der Waals surface area (Å²) in [4.78, 5) is 9.95. The van der Waals surface area contributed by atoms with E-state index in [1.165, 1.54) is 12.8 Å². The summed E-state index contributed by atoms with van der Waals surface area (Å²) in [5, 5.41) is 3.51. The van der Waals surface area contributed by atoms with Crippen LogP contribution in [-0.4, -0.2) is 86.5 Å². The Hall–Kier alpha value is -0.120. The number of aliphatic imine (C=N–C) groups is 1. The summed E-state index contributed by atoms with van der Waals surface area (Å²) in [5.74, 6) is 2.56. The number of likely N-dealkylation sites (tertiary alicyclic amines) is 1. The number of rotatable bonds is 4. The minimum atomic E-state index is 0. The summed E-state index contributed by atoms with van der Waals surface area (Å²) in [6, 6.07) is 0.476. The van der Waals surface area contributed by atoms with Crippen molar-refractivity contribution in [3.05, 3.63) is 0 Å². The van der Waals surface area contributed by atoms with E-state index in [4.69, 9.17) is 14.5 Å². The van der Waals surface area contributed by atoms with Crippen LogP contribution in [0.15, 0.2) is 4.99 Å². The Morgan fingerprint density at radius 1 is 1.16 bits per heavy atom. The van der Waals surface area contributed by atoms with E-state index in [0.29, 0.717) is 18.2 Å². The summed E-state index contributed by atoms with van der Waals surface area (Å²) in [6.45, 7) is 12.2. The van der Waals surface area contributed by atoms with E-state index < -0.39 is 0 Å². The average Bonchev–Trinajstić information content (AvgIpc) is 3.31. The van der Waals surface area contributed by atoms with Crippen molar-refractivity contribution in [3.8, 4) is 0 Å². The summed E-state index contributed by atoms with van der Waals surface area (Å²) in [6.07, 6.45) is 3.56. The van der Waals surface area contributed by atoms with E-state index in [-0.39, 0.29) is 24.0 Å². The fourth-order valence-electron chi connectivity index (χ4n) is 4.91. The van der Waals surface area contributed by atoms with Crippen LogP contribution in [0, 0.1) is 11.8 Å². The number of guanidine groups is 1. The van der Waals surface area contributed by atoms with E-state index in [2.05, 4.69) is 29.0 Å². The maximum atomic E-state index is 6.10. The highest BCUT2D eigenvalue weighted by atomic mass is 127. The Labute approximate surface area is 168 Å². The molecule has 0 saturated carbocycles. The van der Waals surface area contributed by atoms with Gasteiger partial charge in [0.05, 0.1) is 32.0 Å². The van der Waals surface area contributed by atoms with Gasteiger partial charge in [-0.05, 0) is 26.7 Å². The van der Waals surface area contributed by atoms with Crippen LogP contribution in [0.4, 0.5) is 0 Å². The van der Waals surface area contributed by atoms with Crippen LogP contribution in [0.25, 0.3) is 0 Å². The van der Waals surface area contributed by atoms with Gasteiger partial charge in [-0.25, -0.2) is 0 Å². The minimum Gasteiger partial charge on any atom is -0.379 e. The zero-order chi connectivity index (χ0) is 16.5. The number of halogens is 1. The van der Waals surface area contributed by atoms with E-state index in [0.717, 1.165) is 70.3 Å². The number of hydrogen-bond acceptors (Lipinski definition) is 4. The van der Waals surface area contributed by atoms with Gasteiger partial charge in [0.25, 0.3) is 0 Å². The molecule has 144 valence electrons. The van der Waals surface area contributed by atoms with Crippen LogP contribution in [-0.2, 0) is 9.47 Å². The lowest BCUT2D eigenvalue weighted by molar-refractivity contribution is 0.0220. The van der Waals surface area contributed by atoms with Crippen LogP contribution in [0.5, 0.6) is 0 Å². The quantitative estimate of drug-likeness (QED) is 0.388. The largest absolute Gasteiger partial charge is 0.379 e. The fraction of sp³-hybridized carbons (Fsp3) is 0.944. The second-order valence-corrected chi connectivity index (χ2v) is 7.72. The molecule has 0 radical (unpaired) electrons. The Morgan fingerprint density at radius 2 is 1.80 bits per heavy atom. The second-order valence-electron chi connectivity index (χ2n) is 7.72. The Kier molecular flexibility index (Phi) is 6.84. The van der Waals surface area contributed by atoms with Crippen LogP contribution >= 0.6 is 24.0 Å². The normalized spacial score (nSPS) is 36.2. The lowest BCUT2D eigenvalue weighted by Gasteiger charge is -2.32. The van der Waals surface area contributed by atoms with Gasteiger partial charge in [0.2, 0.25) is 0 Å². The molecular formula is C18H33IN4O2. The maximum Gasteiger partial charge on any atom is 0.193 e. The molecule has 0 aromatic carbocycles. The molecule has 1 N–H and O–H groups in total. The molecular weight excluding hydrogens is 431 g/mol. The third-order valence-electron chi connectivity index (χ3n) is 6.26. The molecule has 4 aliphatic rings. The second kappa shape index (κ2) is 8.71. The van der Waals surface area contributed by atoms with E-state index in [9.17, 15) is 0 Å². The SMILES string of the molecule is CCNC(=NCC(C)N1CCOCC1)N1CC2C3CCC(O3)C2C1.I. The molecule has 5 atom stereocenters. The highest BCUT2D eigenvalue weighted by molar-refractivity contribution is 14.0. The first-order valence-electron chi connectivity index (χ1n) is 9.76. The first kappa shape index (κ1) is 19.6. The molecule has 4 aliphatic heterocycles. The third-order valence-corrected chi connectivity index (χ3v) is 6.26. The van der Waals surface area contributed by atoms with E-state index in [1.807, 2.05) is 0 Å². The topological polar surface area (TPSA) is 49.3 Å². The van der Waals surface area contributed by atoms with Crippen LogP contribution in [0.2, 0.25) is 0 Å². The monoisotopic (exact) mass is 464 g/mol. The first-order valence-corrected chi connectivity index (χ1v) is 9.76. The molecule has 4 rings (SSSR count). The number of fused-ring (bicyclic) bond motifs is 5. The van der Waals surface area contributed by atoms with Crippen molar-refractivity contribution >= 4 is 29.9 Å². The van der Waals surface area contributed by atoms with E-state index in [1.54, 1.807) is 0 Å². The van der Waals surface area contributed by atoms with Crippen molar-refractivity contribution in [3.63, 3.8) is 0 Å². The predicted octanol–water partition coefficient (Wildman–Crippen LogP) is 1.40. The van der Waals surface area contributed by atoms with Gasteiger partial charge < -0.3 is 19.7 Å². The molecule has 6 nitrogen and oxygen atoms in total. The maximum absolute atomic E-state index is 6.10. The molecule has 7 heteroatoms. The first-order chi connectivity index (χ1) is 11.8. The molecule has 0 aromatic rings. The number of morpholine rings is 1. The molecule has 0 spiro atoms. The highest BCUT2D eigenvalue weighted by Gasteiger charge is 2.53. The van der Waals surface area contributed by atoms with Crippen molar-refractivity contribution in [2.75, 3.05) is 52.5 Å². The van der Waals surface area contributed by atoms with Gasteiger partial charge in [0.1, 0.15) is 0 Å². The molecule has 0 aromatic heterocycles. The van der Waals surface area contributed by atoms with Gasteiger partial charge in [-0.1, -0.05) is 0 Å². The standard InChI is InChI=1S/C18H32N4O2.HI/c1-3-19-18(20-10-13(2)21-6-8-23-9-7-21)22-11-14-15(12-22)17-5-4-16(14)24-17;/h13-17H,3-12H2,1-2H3,(H,19,20);1H. The molecule has 4 fully saturated rings. The molecule has 0 aliphatic carbocycles. The van der Waals surface area contributed by atoms with E-state index >= 15 is 0 Å². The van der Waals surface area contributed by atoms with Crippen LogP contribution in [0.1, 0.15) is 26.7 Å². The van der Waals surface area contributed by atoms with Gasteiger partial charge in [0.15, 0.2) is 5.96 Å². The van der Waals surface area contributed by atoms with Crippen LogP contribution < -0.4 is 5.32 Å². The third kappa shape index (κ3) is 4.09. The number of ether oxygens (including phenoxy) is 2. The number of hydrogen-bond donors (Lipinski definition) is 1. The highest BCUT2D eigenvalue weighted by Crippen LogP contribution is 2.47. The van der Waals surface area contributed by atoms with Crippen LogP contribution in [0.3, 0.4) is 0 Å². The zero-order valence-corrected chi connectivity index (χ0v) is 17.9. The van der Waals surface area contributed by atoms with Crippen molar-refractivity contribution in [2.45, 2.75) is 44.9 Å². The van der Waals surface area contributed by atoms with Gasteiger partial charge in [0, 0.05) is 50.6 Å². The van der Waals surface area contributed by atoms with Crippen molar-refractivity contribution in [1.29, 1.82) is 0 Å². The molecule has 25 heavy (non-hydrogen) atoms. The summed E-state index contributed by atoms with van der Waals surface area (Å²) in [5.41, 5.74) is 0. The number of nitrogens with zero attached hydrogens (tertiary/aromatic N) is 3. The Bertz CT molecular complexity index is 454. The average molecular weight is 464 g/mol. The molecule has 4 heterocycles. The van der Waals surface area contributed by atoms with Gasteiger partial charge in [-0.3, -0.25) is 9.89 Å². The van der Waals surface area contributed by atoms with Crippen molar-refractivity contribution in [1.82, 2.24) is 15.1 Å². The summed E-state index contributed by atoms with van der Waals surface area (Å²) in [7, 11) is 0. The number of nitrogens with one attached hydrogen (secondary N) is 1. The summed E-state index contributed by atoms with van der Waals surface area (Å²) < 4.78 is 11.6. The van der Waals surface area contributed by atoms with Crippen molar-refractivity contribution < 1.29 is 9.47 Å². The van der Waals surface area contributed by atoms with Gasteiger partial charge in [-0.2, -0.15) is 0 Å². The molecule has 4 saturated heterocycles. The fourth-order valence-corrected chi connectivity index (χ4v) is 4.91. The smallest absolute Gasteiger partial charge is 0.193 e. The Morgan fingerprint density at radius 3 is 2.40 bits per heavy atom. The molecule has 0 amide bonds. The molecule has 2 bridgehead atoms. The minimum absolute atomic E-state index is 0. The van der Waals surface area contributed by atoms with Gasteiger partial charge in [-0.15, -0.1) is 24.0 Å². The lowest BCUT2D eigenvalue weighted by Crippen LogP contribution is -2.45.